The zero-order chi connectivity index (χ0) is 14.9. The molecule has 1 aromatic carbocycles. The van der Waals surface area contributed by atoms with Crippen LogP contribution in [0.1, 0.15) is 24.2 Å². The summed E-state index contributed by atoms with van der Waals surface area (Å²) in [6, 6.07) is 4.75. The highest BCUT2D eigenvalue weighted by Crippen LogP contribution is 2.31. The van der Waals surface area contributed by atoms with Gasteiger partial charge in [0.2, 0.25) is 5.91 Å². The minimum Gasteiger partial charge on any atom is -0.497 e. The average Bonchev–Trinajstić information content (AvgIpc) is 2.62. The van der Waals surface area contributed by atoms with Crippen LogP contribution in [0.4, 0.5) is 5.69 Å². The largest absolute Gasteiger partial charge is 0.497 e. The Labute approximate surface area is 116 Å². The van der Waals surface area contributed by atoms with Crippen molar-refractivity contribution in [2.75, 3.05) is 18.6 Å². The van der Waals surface area contributed by atoms with Crippen molar-refractivity contribution in [2.45, 2.75) is 19.9 Å². The van der Waals surface area contributed by atoms with Gasteiger partial charge in [-0.2, -0.15) is 0 Å². The number of rotatable bonds is 4. The standard InChI is InChI=1S/C14H16N2O4/c1-8(2)15-12(17)7-16-11-5-4-9(20-3)6-10(11)13(18)14(16)19/h4-6,8H,7H2,1-3H3,(H,15,17). The SMILES string of the molecule is COc1ccc2c(c1)C(=O)C(=O)N2CC(=O)NC(C)C. The molecule has 20 heavy (non-hydrogen) atoms. The average molecular weight is 276 g/mol. The van der Waals surface area contributed by atoms with E-state index in [4.69, 9.17) is 4.74 Å². The lowest BCUT2D eigenvalue weighted by atomic mass is 10.1. The molecule has 1 aliphatic rings. The van der Waals surface area contributed by atoms with E-state index < -0.39 is 11.7 Å². The number of ether oxygens (including phenoxy) is 1. The van der Waals surface area contributed by atoms with Gasteiger partial charge >= 0.3 is 0 Å². The molecule has 1 N–H and O–H groups in total. The molecule has 0 saturated heterocycles. The summed E-state index contributed by atoms with van der Waals surface area (Å²) in [6.45, 7) is 3.49. The van der Waals surface area contributed by atoms with Gasteiger partial charge in [-0.05, 0) is 32.0 Å². The van der Waals surface area contributed by atoms with Crippen molar-refractivity contribution < 1.29 is 19.1 Å². The van der Waals surface area contributed by atoms with Crippen molar-refractivity contribution >= 4 is 23.3 Å². The number of nitrogens with zero attached hydrogens (tertiary/aromatic N) is 1. The van der Waals surface area contributed by atoms with E-state index in [2.05, 4.69) is 5.32 Å². The second-order valence-corrected chi connectivity index (χ2v) is 4.83. The van der Waals surface area contributed by atoms with E-state index >= 15 is 0 Å². The van der Waals surface area contributed by atoms with Crippen molar-refractivity contribution in [3.8, 4) is 5.75 Å². The van der Waals surface area contributed by atoms with E-state index in [0.717, 1.165) is 0 Å². The summed E-state index contributed by atoms with van der Waals surface area (Å²) in [5, 5.41) is 2.69. The van der Waals surface area contributed by atoms with Crippen LogP contribution in [0.5, 0.6) is 5.75 Å². The molecule has 6 nitrogen and oxygen atoms in total. The van der Waals surface area contributed by atoms with Crippen LogP contribution >= 0.6 is 0 Å². The van der Waals surface area contributed by atoms with Crippen LogP contribution in [0, 0.1) is 0 Å². The fourth-order valence-corrected chi connectivity index (χ4v) is 2.07. The summed E-state index contributed by atoms with van der Waals surface area (Å²) < 4.78 is 5.03. The number of ketones is 1. The number of benzene rings is 1. The molecular formula is C14H16N2O4. The molecule has 0 unspecified atom stereocenters. The highest BCUT2D eigenvalue weighted by molar-refractivity contribution is 6.52. The first-order chi connectivity index (χ1) is 9.43. The fraction of sp³-hybridized carbons (Fsp3) is 0.357. The molecule has 2 amide bonds. The lowest BCUT2D eigenvalue weighted by molar-refractivity contribution is -0.122. The molecule has 0 radical (unpaired) electrons. The van der Waals surface area contributed by atoms with Crippen molar-refractivity contribution in [3.05, 3.63) is 23.8 Å². The number of carbonyl (C=O) groups excluding carboxylic acids is 3. The zero-order valence-corrected chi connectivity index (χ0v) is 11.6. The maximum absolute atomic E-state index is 11.9. The minimum absolute atomic E-state index is 0.0220. The summed E-state index contributed by atoms with van der Waals surface area (Å²) >= 11 is 0. The monoisotopic (exact) mass is 276 g/mol. The molecule has 0 spiro atoms. The molecular weight excluding hydrogens is 260 g/mol. The molecule has 1 aliphatic heterocycles. The van der Waals surface area contributed by atoms with Gasteiger partial charge in [-0.15, -0.1) is 0 Å². The Hall–Kier alpha value is -2.37. The lowest BCUT2D eigenvalue weighted by Crippen LogP contribution is -2.42. The molecule has 6 heteroatoms. The van der Waals surface area contributed by atoms with Gasteiger partial charge in [0.25, 0.3) is 11.7 Å². The van der Waals surface area contributed by atoms with Gasteiger partial charge in [0, 0.05) is 6.04 Å². The van der Waals surface area contributed by atoms with Crippen LogP contribution in [-0.2, 0) is 9.59 Å². The topological polar surface area (TPSA) is 75.7 Å². The first-order valence-electron chi connectivity index (χ1n) is 6.27. The quantitative estimate of drug-likeness (QED) is 0.823. The van der Waals surface area contributed by atoms with Gasteiger partial charge in [-0.25, -0.2) is 0 Å². The van der Waals surface area contributed by atoms with Gasteiger partial charge in [0.05, 0.1) is 18.4 Å². The molecule has 0 saturated carbocycles. The molecule has 0 aliphatic carbocycles. The number of hydrogen-bond donors (Lipinski definition) is 1. The minimum atomic E-state index is -0.688. The van der Waals surface area contributed by atoms with Crippen LogP contribution < -0.4 is 15.0 Å². The van der Waals surface area contributed by atoms with E-state index in [9.17, 15) is 14.4 Å². The van der Waals surface area contributed by atoms with Crippen molar-refractivity contribution in [3.63, 3.8) is 0 Å². The Morgan fingerprint density at radius 2 is 2.05 bits per heavy atom. The molecule has 2 rings (SSSR count). The number of fused-ring (bicyclic) bond motifs is 1. The number of amides is 2. The third-order valence-corrected chi connectivity index (χ3v) is 2.93. The number of nitrogens with one attached hydrogen (secondary N) is 1. The third-order valence-electron chi connectivity index (χ3n) is 2.93. The van der Waals surface area contributed by atoms with Crippen molar-refractivity contribution in [2.24, 2.45) is 0 Å². The Balaban J connectivity index is 2.27. The van der Waals surface area contributed by atoms with E-state index in [0.29, 0.717) is 11.4 Å². The Morgan fingerprint density at radius 3 is 2.65 bits per heavy atom. The Morgan fingerprint density at radius 1 is 1.35 bits per heavy atom. The molecule has 0 atom stereocenters. The fourth-order valence-electron chi connectivity index (χ4n) is 2.07. The van der Waals surface area contributed by atoms with Gasteiger partial charge in [-0.3, -0.25) is 19.3 Å². The zero-order valence-electron chi connectivity index (χ0n) is 11.6. The summed E-state index contributed by atoms with van der Waals surface area (Å²) in [7, 11) is 1.48. The van der Waals surface area contributed by atoms with Crippen molar-refractivity contribution in [1.82, 2.24) is 5.32 Å². The molecule has 1 heterocycles. The normalized spacial score (nSPS) is 13.7. The molecule has 0 aromatic heterocycles. The molecule has 0 bridgehead atoms. The maximum atomic E-state index is 11.9. The predicted octanol–water partition coefficient (Wildman–Crippen LogP) is 0.749. The molecule has 1 aromatic rings. The van der Waals surface area contributed by atoms with Gasteiger partial charge in [0.1, 0.15) is 12.3 Å². The van der Waals surface area contributed by atoms with Gasteiger partial charge in [-0.1, -0.05) is 0 Å². The molecule has 0 fully saturated rings. The predicted molar refractivity (Wildman–Crippen MR) is 73.0 cm³/mol. The van der Waals surface area contributed by atoms with Crippen LogP contribution in [0.3, 0.4) is 0 Å². The van der Waals surface area contributed by atoms with Gasteiger partial charge < -0.3 is 10.1 Å². The smallest absolute Gasteiger partial charge is 0.299 e. The summed E-state index contributed by atoms with van der Waals surface area (Å²) in [4.78, 5) is 36.8. The van der Waals surface area contributed by atoms with E-state index in [1.54, 1.807) is 12.1 Å². The van der Waals surface area contributed by atoms with Crippen LogP contribution in [0.15, 0.2) is 18.2 Å². The summed E-state index contributed by atoms with van der Waals surface area (Å²) in [6.07, 6.45) is 0. The van der Waals surface area contributed by atoms with Crippen LogP contribution in [0.2, 0.25) is 0 Å². The lowest BCUT2D eigenvalue weighted by Gasteiger charge is -2.17. The first-order valence-corrected chi connectivity index (χ1v) is 6.27. The third kappa shape index (κ3) is 2.49. The van der Waals surface area contributed by atoms with Gasteiger partial charge in [0.15, 0.2) is 0 Å². The Bertz CT molecular complexity index is 581. The number of methoxy groups -OCH3 is 1. The van der Waals surface area contributed by atoms with Crippen LogP contribution in [0.25, 0.3) is 0 Å². The number of hydrogen-bond acceptors (Lipinski definition) is 4. The first kappa shape index (κ1) is 14.0. The van der Waals surface area contributed by atoms with Crippen LogP contribution in [-0.4, -0.2) is 37.3 Å². The number of Topliss-reactive ketones (excluding diaryl/α,β-unsaturated/α-hetero) is 1. The van der Waals surface area contributed by atoms with E-state index in [-0.39, 0.29) is 24.1 Å². The Kier molecular flexibility index (Phi) is 3.74. The number of carbonyl (C=O) groups is 3. The van der Waals surface area contributed by atoms with E-state index in [1.807, 2.05) is 13.8 Å². The second-order valence-electron chi connectivity index (χ2n) is 4.83. The van der Waals surface area contributed by atoms with Crippen molar-refractivity contribution in [1.29, 1.82) is 0 Å². The maximum Gasteiger partial charge on any atom is 0.299 e. The number of anilines is 1. The highest BCUT2D eigenvalue weighted by atomic mass is 16.5. The summed E-state index contributed by atoms with van der Waals surface area (Å²) in [5.41, 5.74) is 0.714. The molecule has 106 valence electrons. The van der Waals surface area contributed by atoms with E-state index in [1.165, 1.54) is 18.1 Å². The highest BCUT2D eigenvalue weighted by Gasteiger charge is 2.37. The second kappa shape index (κ2) is 5.32. The summed E-state index contributed by atoms with van der Waals surface area (Å²) in [5.74, 6) is -1.10.